The second-order valence-electron chi connectivity index (χ2n) is 7.80. The summed E-state index contributed by atoms with van der Waals surface area (Å²) in [4.78, 5) is 22.1. The van der Waals surface area contributed by atoms with Gasteiger partial charge in [-0.1, -0.05) is 23.7 Å². The molecule has 3 aromatic heterocycles. The van der Waals surface area contributed by atoms with Gasteiger partial charge in [0.2, 0.25) is 5.91 Å². The topological polar surface area (TPSA) is 72.7 Å². The second kappa shape index (κ2) is 9.22. The molecule has 0 spiro atoms. The van der Waals surface area contributed by atoms with Crippen LogP contribution in [-0.4, -0.2) is 25.7 Å². The lowest BCUT2D eigenvalue weighted by Crippen LogP contribution is -2.30. The first-order valence-electron chi connectivity index (χ1n) is 10.3. The number of hydrogen-bond donors (Lipinski definition) is 1. The number of carbonyl (C=O) groups excluding carboxylic acids is 1. The number of aryl methyl sites for hydroxylation is 3. The van der Waals surface area contributed by atoms with Gasteiger partial charge < -0.3 is 5.32 Å². The Kier molecular flexibility index (Phi) is 6.39. The van der Waals surface area contributed by atoms with E-state index in [4.69, 9.17) is 11.6 Å². The minimum Gasteiger partial charge on any atom is -0.345 e. The van der Waals surface area contributed by atoms with E-state index in [0.29, 0.717) is 11.0 Å². The van der Waals surface area contributed by atoms with Crippen molar-refractivity contribution in [2.24, 2.45) is 0 Å². The number of rotatable bonds is 6. The lowest BCUT2D eigenvalue weighted by Gasteiger charge is -2.19. The average Bonchev–Trinajstić information content (AvgIpc) is 3.36. The van der Waals surface area contributed by atoms with Crippen LogP contribution in [0.3, 0.4) is 0 Å². The van der Waals surface area contributed by atoms with Crippen LogP contribution in [0, 0.1) is 27.7 Å². The van der Waals surface area contributed by atoms with Crippen molar-refractivity contribution < 1.29 is 4.79 Å². The number of amides is 1. The maximum atomic E-state index is 13.1. The average molecular weight is 466 g/mol. The van der Waals surface area contributed by atoms with E-state index in [1.54, 1.807) is 16.0 Å². The first-order valence-corrected chi connectivity index (χ1v) is 11.6. The highest BCUT2D eigenvalue weighted by atomic mass is 35.5. The van der Waals surface area contributed by atoms with Gasteiger partial charge in [-0.3, -0.25) is 4.79 Å². The summed E-state index contributed by atoms with van der Waals surface area (Å²) in [5.41, 5.74) is 6.31. The van der Waals surface area contributed by atoms with Crippen molar-refractivity contribution >= 4 is 28.8 Å². The van der Waals surface area contributed by atoms with Crippen molar-refractivity contribution in [2.45, 2.75) is 40.2 Å². The maximum Gasteiger partial charge on any atom is 0.251 e. The van der Waals surface area contributed by atoms with E-state index in [-0.39, 0.29) is 18.4 Å². The lowest BCUT2D eigenvalue weighted by molar-refractivity contribution is -0.121. The van der Waals surface area contributed by atoms with E-state index in [2.05, 4.69) is 20.4 Å². The van der Waals surface area contributed by atoms with E-state index < -0.39 is 0 Å². The summed E-state index contributed by atoms with van der Waals surface area (Å²) >= 11 is 7.66. The highest BCUT2D eigenvalue weighted by Crippen LogP contribution is 2.26. The molecule has 1 aromatic carbocycles. The van der Waals surface area contributed by atoms with Gasteiger partial charge in [0.1, 0.15) is 0 Å². The minimum absolute atomic E-state index is 0.0803. The number of benzene rings is 1. The molecule has 6 nitrogen and oxygen atoms in total. The predicted molar refractivity (Wildman–Crippen MR) is 128 cm³/mol. The largest absolute Gasteiger partial charge is 0.345 e. The van der Waals surface area contributed by atoms with Crippen molar-refractivity contribution in [3.8, 4) is 5.95 Å². The molecule has 32 heavy (non-hydrogen) atoms. The molecule has 1 amide bonds. The third kappa shape index (κ3) is 4.74. The number of aromatic nitrogens is 4. The molecule has 0 aliphatic rings. The molecule has 4 rings (SSSR count). The van der Waals surface area contributed by atoms with Crippen molar-refractivity contribution in [1.29, 1.82) is 0 Å². The number of nitrogens with zero attached hydrogens (tertiary/aromatic N) is 4. The Balaban J connectivity index is 1.59. The summed E-state index contributed by atoms with van der Waals surface area (Å²) in [6.07, 6.45) is 0.219. The maximum absolute atomic E-state index is 13.1. The molecule has 164 valence electrons. The molecular formula is C24H24ClN5OS. The highest BCUT2D eigenvalue weighted by molar-refractivity contribution is 7.08. The van der Waals surface area contributed by atoms with Gasteiger partial charge in [-0.15, -0.1) is 0 Å². The summed E-state index contributed by atoms with van der Waals surface area (Å²) in [7, 11) is 0. The van der Waals surface area contributed by atoms with Crippen molar-refractivity contribution in [3.05, 3.63) is 91.6 Å². The molecule has 4 aromatic rings. The second-order valence-corrected chi connectivity index (χ2v) is 9.01. The van der Waals surface area contributed by atoms with Gasteiger partial charge >= 0.3 is 0 Å². The first-order chi connectivity index (χ1) is 15.3. The smallest absolute Gasteiger partial charge is 0.251 e. The fourth-order valence-electron chi connectivity index (χ4n) is 3.75. The van der Waals surface area contributed by atoms with Crippen LogP contribution in [0.4, 0.5) is 0 Å². The Hall–Kier alpha value is -3.03. The third-order valence-electron chi connectivity index (χ3n) is 5.32. The number of hydrogen-bond acceptors (Lipinski definition) is 5. The van der Waals surface area contributed by atoms with Crippen LogP contribution in [0.5, 0.6) is 0 Å². The van der Waals surface area contributed by atoms with Crippen LogP contribution < -0.4 is 5.32 Å². The molecule has 0 aliphatic heterocycles. The van der Waals surface area contributed by atoms with Gasteiger partial charge in [0.25, 0.3) is 5.95 Å². The standard InChI is InChI=1S/C24H24ClN5OS/c1-14-11-15(2)27-24(26-14)30-17(4)21(16(3)29-30)12-22(31)28-23(19-9-10-32-13-19)18-5-7-20(25)8-6-18/h5-11,13,23H,12H2,1-4H3,(H,28,31). The van der Waals surface area contributed by atoms with Crippen LogP contribution in [-0.2, 0) is 11.2 Å². The van der Waals surface area contributed by atoms with E-state index >= 15 is 0 Å². The van der Waals surface area contributed by atoms with E-state index in [1.165, 1.54) is 0 Å². The summed E-state index contributed by atoms with van der Waals surface area (Å²) in [5, 5.41) is 12.5. The van der Waals surface area contributed by atoms with Gasteiger partial charge in [-0.2, -0.15) is 16.4 Å². The Morgan fingerprint density at radius 1 is 1.06 bits per heavy atom. The van der Waals surface area contributed by atoms with Crippen molar-refractivity contribution in [1.82, 2.24) is 25.1 Å². The van der Waals surface area contributed by atoms with Crippen molar-refractivity contribution in [3.63, 3.8) is 0 Å². The zero-order valence-corrected chi connectivity index (χ0v) is 20.0. The van der Waals surface area contributed by atoms with E-state index in [0.717, 1.165) is 39.5 Å². The Morgan fingerprint density at radius 2 is 1.75 bits per heavy atom. The third-order valence-corrected chi connectivity index (χ3v) is 6.28. The minimum atomic E-state index is -0.246. The summed E-state index contributed by atoms with van der Waals surface area (Å²) in [6.45, 7) is 7.71. The molecule has 1 N–H and O–H groups in total. The molecule has 8 heteroatoms. The predicted octanol–water partition coefficient (Wildman–Crippen LogP) is 5.06. The van der Waals surface area contributed by atoms with Crippen LogP contribution in [0.1, 0.15) is 45.5 Å². The van der Waals surface area contributed by atoms with Gasteiger partial charge in [-0.25, -0.2) is 14.6 Å². The zero-order valence-electron chi connectivity index (χ0n) is 18.4. The summed E-state index contributed by atoms with van der Waals surface area (Å²) in [5.74, 6) is 0.440. The van der Waals surface area contributed by atoms with E-state index in [9.17, 15) is 4.79 Å². The first kappa shape index (κ1) is 22.2. The van der Waals surface area contributed by atoms with Gasteiger partial charge in [0.05, 0.1) is 18.2 Å². The van der Waals surface area contributed by atoms with Gasteiger partial charge in [0.15, 0.2) is 0 Å². The molecule has 3 heterocycles. The zero-order chi connectivity index (χ0) is 22.8. The van der Waals surface area contributed by atoms with Crippen LogP contribution in [0.2, 0.25) is 5.02 Å². The monoisotopic (exact) mass is 465 g/mol. The Morgan fingerprint density at radius 3 is 2.38 bits per heavy atom. The van der Waals surface area contributed by atoms with Crippen molar-refractivity contribution in [2.75, 3.05) is 0 Å². The Labute approximate surface area is 196 Å². The molecule has 0 saturated heterocycles. The fourth-order valence-corrected chi connectivity index (χ4v) is 4.57. The molecule has 0 saturated carbocycles. The fraction of sp³-hybridized carbons (Fsp3) is 0.250. The van der Waals surface area contributed by atoms with E-state index in [1.807, 2.05) is 74.9 Å². The van der Waals surface area contributed by atoms with Crippen LogP contribution in [0.15, 0.2) is 47.2 Å². The number of nitrogens with one attached hydrogen (secondary N) is 1. The Bertz CT molecular complexity index is 1230. The normalized spacial score (nSPS) is 12.0. The SMILES string of the molecule is Cc1cc(C)nc(-n2nc(C)c(CC(=O)NC(c3ccc(Cl)cc3)c3ccsc3)c2C)n1. The summed E-state index contributed by atoms with van der Waals surface area (Å²) in [6, 6.07) is 11.3. The molecule has 0 aliphatic carbocycles. The molecule has 0 bridgehead atoms. The quantitative estimate of drug-likeness (QED) is 0.432. The summed E-state index contributed by atoms with van der Waals surface area (Å²) < 4.78 is 1.72. The molecule has 0 fully saturated rings. The number of thiophene rings is 1. The van der Waals surface area contributed by atoms with Crippen LogP contribution >= 0.6 is 22.9 Å². The molecule has 1 unspecified atom stereocenters. The number of halogens is 1. The highest BCUT2D eigenvalue weighted by Gasteiger charge is 2.21. The van der Waals surface area contributed by atoms with Gasteiger partial charge in [-0.05, 0) is 73.8 Å². The van der Waals surface area contributed by atoms with Crippen LogP contribution in [0.25, 0.3) is 5.95 Å². The van der Waals surface area contributed by atoms with Gasteiger partial charge in [0, 0.05) is 27.7 Å². The molecular weight excluding hydrogens is 442 g/mol. The number of carbonyl (C=O) groups is 1. The lowest BCUT2D eigenvalue weighted by atomic mass is 10.0. The molecule has 0 radical (unpaired) electrons. The molecule has 1 atom stereocenters.